The molecule has 0 radical (unpaired) electrons. The maximum Gasteiger partial charge on any atom is 0.293 e. The molecule has 0 bridgehead atoms. The fourth-order valence-corrected chi connectivity index (χ4v) is 0.157. The Morgan fingerprint density at radius 1 is 2.00 bits per heavy atom. The summed E-state index contributed by atoms with van der Waals surface area (Å²) < 4.78 is 4.26. The van der Waals surface area contributed by atoms with Crippen LogP contribution in [-0.2, 0) is 4.74 Å². The van der Waals surface area contributed by atoms with Gasteiger partial charge in [0.25, 0.3) is 12.1 Å². The Morgan fingerprint density at radius 3 is 2.62 bits per heavy atom. The zero-order valence-corrected chi connectivity index (χ0v) is 4.33. The van der Waals surface area contributed by atoms with Crippen molar-refractivity contribution in [3.8, 4) is 0 Å². The second-order valence-corrected chi connectivity index (χ2v) is 1.02. The van der Waals surface area contributed by atoms with E-state index in [0.29, 0.717) is 6.20 Å². The third-order valence-electron chi connectivity index (χ3n) is 0.468. The molecule has 0 unspecified atom stereocenters. The van der Waals surface area contributed by atoms with Crippen molar-refractivity contribution in [2.45, 2.75) is 0 Å². The molecule has 0 aliphatic carbocycles. The van der Waals surface area contributed by atoms with Crippen LogP contribution in [0.15, 0.2) is 12.1 Å². The number of nitrogens with zero attached hydrogens (tertiary/aromatic N) is 1. The van der Waals surface area contributed by atoms with Gasteiger partial charge in [0.15, 0.2) is 0 Å². The van der Waals surface area contributed by atoms with Crippen LogP contribution < -0.4 is 5.73 Å². The van der Waals surface area contributed by atoms with Gasteiger partial charge in [0, 0.05) is 0 Å². The van der Waals surface area contributed by atoms with Crippen LogP contribution in [0.1, 0.15) is 0 Å². The summed E-state index contributed by atoms with van der Waals surface area (Å²) in [5.74, 6) is -0.199. The lowest BCUT2D eigenvalue weighted by molar-refractivity contribution is -0.405. The number of ether oxygens (including phenoxy) is 1. The molecule has 0 aliphatic heterocycles. The molecule has 0 aliphatic rings. The number of methoxy groups -OCH3 is 1. The summed E-state index contributed by atoms with van der Waals surface area (Å²) in [6.45, 7) is 0. The number of hydrogen-bond donors (Lipinski definition) is 1. The lowest BCUT2D eigenvalue weighted by atomic mass is 10.8. The minimum absolute atomic E-state index is 0.199. The summed E-state index contributed by atoms with van der Waals surface area (Å²) in [6, 6.07) is 0. The number of hydrogen-bond acceptors (Lipinski definition) is 4. The summed E-state index contributed by atoms with van der Waals surface area (Å²) >= 11 is 0. The Morgan fingerprint density at radius 2 is 2.50 bits per heavy atom. The van der Waals surface area contributed by atoms with Crippen LogP contribution in [0.4, 0.5) is 0 Å². The van der Waals surface area contributed by atoms with E-state index in [2.05, 4.69) is 4.74 Å². The number of nitro groups is 1. The largest absolute Gasteiger partial charge is 0.478 e. The molecule has 0 saturated carbocycles. The third-order valence-corrected chi connectivity index (χ3v) is 0.468. The number of nitrogens with two attached hydrogens (primary N) is 1. The summed E-state index contributed by atoms with van der Waals surface area (Å²) in [6.07, 6.45) is 0.583. The molecule has 0 rings (SSSR count). The van der Waals surface area contributed by atoms with Gasteiger partial charge in [-0.05, 0) is 0 Å². The van der Waals surface area contributed by atoms with E-state index in [-0.39, 0.29) is 5.88 Å². The zero-order chi connectivity index (χ0) is 6.57. The molecule has 0 aromatic heterocycles. The van der Waals surface area contributed by atoms with E-state index in [1.54, 1.807) is 0 Å². The first kappa shape index (κ1) is 6.74. The molecule has 2 N–H and O–H groups in total. The van der Waals surface area contributed by atoms with Gasteiger partial charge in [-0.15, -0.1) is 0 Å². The van der Waals surface area contributed by atoms with Gasteiger partial charge in [0.05, 0.1) is 12.0 Å². The number of rotatable bonds is 2. The molecule has 0 saturated heterocycles. The monoisotopic (exact) mass is 118 g/mol. The van der Waals surface area contributed by atoms with E-state index in [4.69, 9.17) is 5.73 Å². The molecule has 0 spiro atoms. The molecular formula is C3H6N2O3. The average molecular weight is 118 g/mol. The average Bonchev–Trinajstić information content (AvgIpc) is 1.65. The molecule has 0 aromatic carbocycles. The summed E-state index contributed by atoms with van der Waals surface area (Å²) in [7, 11) is 1.26. The maximum absolute atomic E-state index is 9.54. The van der Waals surface area contributed by atoms with Gasteiger partial charge in [-0.2, -0.15) is 0 Å². The second-order valence-electron chi connectivity index (χ2n) is 1.02. The fourth-order valence-electron chi connectivity index (χ4n) is 0.157. The van der Waals surface area contributed by atoms with E-state index in [1.807, 2.05) is 0 Å². The van der Waals surface area contributed by atoms with Crippen molar-refractivity contribution >= 4 is 0 Å². The van der Waals surface area contributed by atoms with Crippen LogP contribution >= 0.6 is 0 Å². The molecule has 46 valence electrons. The van der Waals surface area contributed by atoms with Crippen molar-refractivity contribution in [3.05, 3.63) is 22.2 Å². The van der Waals surface area contributed by atoms with E-state index >= 15 is 0 Å². The van der Waals surface area contributed by atoms with E-state index < -0.39 is 4.92 Å². The van der Waals surface area contributed by atoms with Crippen molar-refractivity contribution < 1.29 is 9.66 Å². The molecule has 5 heteroatoms. The zero-order valence-electron chi connectivity index (χ0n) is 4.33. The Kier molecular flexibility index (Phi) is 2.39. The van der Waals surface area contributed by atoms with Gasteiger partial charge in [-0.1, -0.05) is 0 Å². The predicted octanol–water partition coefficient (Wildman–Crippen LogP) is -0.333. The van der Waals surface area contributed by atoms with Gasteiger partial charge in [0.2, 0.25) is 0 Å². The van der Waals surface area contributed by atoms with Crippen molar-refractivity contribution in [1.29, 1.82) is 0 Å². The summed E-state index contributed by atoms with van der Waals surface area (Å²) in [4.78, 5) is 8.86. The lowest BCUT2D eigenvalue weighted by Gasteiger charge is -1.90. The first-order valence-electron chi connectivity index (χ1n) is 1.81. The van der Waals surface area contributed by atoms with Crippen molar-refractivity contribution in [2.24, 2.45) is 5.73 Å². The van der Waals surface area contributed by atoms with Crippen LogP contribution in [0.2, 0.25) is 0 Å². The normalized spacial score (nSPS) is 10.9. The second kappa shape index (κ2) is 2.84. The predicted molar refractivity (Wildman–Crippen MR) is 26.3 cm³/mol. The topological polar surface area (TPSA) is 78.4 Å². The Bertz CT molecular complexity index is 120. The Hall–Kier alpha value is -1.26. The SMILES string of the molecule is CO/C(N)=C\[N+](=O)[O-]. The van der Waals surface area contributed by atoms with Gasteiger partial charge >= 0.3 is 0 Å². The molecular weight excluding hydrogens is 112 g/mol. The Balaban J connectivity index is 3.75. The van der Waals surface area contributed by atoms with Gasteiger partial charge < -0.3 is 10.5 Å². The highest BCUT2D eigenvalue weighted by atomic mass is 16.6. The van der Waals surface area contributed by atoms with Gasteiger partial charge in [-0.25, -0.2) is 0 Å². The van der Waals surface area contributed by atoms with E-state index in [1.165, 1.54) is 7.11 Å². The highest BCUT2D eigenvalue weighted by Crippen LogP contribution is 1.81. The van der Waals surface area contributed by atoms with Gasteiger partial charge in [0.1, 0.15) is 0 Å². The Labute approximate surface area is 45.9 Å². The van der Waals surface area contributed by atoms with Gasteiger partial charge in [-0.3, -0.25) is 10.1 Å². The molecule has 0 atom stereocenters. The van der Waals surface area contributed by atoms with Crippen LogP contribution in [-0.4, -0.2) is 12.0 Å². The van der Waals surface area contributed by atoms with Crippen LogP contribution in [0, 0.1) is 10.1 Å². The van der Waals surface area contributed by atoms with E-state index in [0.717, 1.165) is 0 Å². The first-order chi connectivity index (χ1) is 3.66. The molecule has 0 amide bonds. The highest BCUT2D eigenvalue weighted by molar-refractivity contribution is 4.76. The van der Waals surface area contributed by atoms with Crippen LogP contribution in [0.5, 0.6) is 0 Å². The molecule has 0 fully saturated rings. The fraction of sp³-hybridized carbons (Fsp3) is 0.333. The van der Waals surface area contributed by atoms with Crippen molar-refractivity contribution in [3.63, 3.8) is 0 Å². The third kappa shape index (κ3) is 2.95. The molecule has 0 aromatic rings. The highest BCUT2D eigenvalue weighted by Gasteiger charge is 1.91. The maximum atomic E-state index is 9.54. The van der Waals surface area contributed by atoms with Crippen LogP contribution in [0.25, 0.3) is 0 Å². The van der Waals surface area contributed by atoms with Crippen LogP contribution in [0.3, 0.4) is 0 Å². The van der Waals surface area contributed by atoms with Crippen molar-refractivity contribution in [2.75, 3.05) is 7.11 Å². The standard InChI is InChI=1S/C3H6N2O3/c1-8-3(4)2-5(6)7/h2H,4H2,1H3/b3-2-. The molecule has 5 nitrogen and oxygen atoms in total. The first-order valence-corrected chi connectivity index (χ1v) is 1.81. The smallest absolute Gasteiger partial charge is 0.293 e. The summed E-state index contributed by atoms with van der Waals surface area (Å²) in [5.41, 5.74) is 4.87. The molecule has 8 heavy (non-hydrogen) atoms. The summed E-state index contributed by atoms with van der Waals surface area (Å²) in [5, 5.41) is 9.54. The lowest BCUT2D eigenvalue weighted by Crippen LogP contribution is -2.01. The molecule has 0 heterocycles. The minimum atomic E-state index is -0.682. The minimum Gasteiger partial charge on any atom is -0.478 e. The van der Waals surface area contributed by atoms with E-state index in [9.17, 15) is 10.1 Å². The quantitative estimate of drug-likeness (QED) is 0.306. The van der Waals surface area contributed by atoms with Crippen molar-refractivity contribution in [1.82, 2.24) is 0 Å².